The van der Waals surface area contributed by atoms with Gasteiger partial charge in [-0.3, -0.25) is 4.79 Å². The first kappa shape index (κ1) is 14.6. The largest absolute Gasteiger partial charge is 0.347 e. The van der Waals surface area contributed by atoms with Crippen LogP contribution in [-0.4, -0.2) is 16.4 Å². The molecule has 3 nitrogen and oxygen atoms in total. The average molecular weight is 338 g/mol. The molecule has 1 amide bonds. The van der Waals surface area contributed by atoms with Gasteiger partial charge in [-0.15, -0.1) is 11.3 Å². The number of carbonyl (C=O) groups excluding carboxylic acids is 1. The van der Waals surface area contributed by atoms with E-state index in [-0.39, 0.29) is 11.4 Å². The Labute approximate surface area is 146 Å². The van der Waals surface area contributed by atoms with E-state index in [0.717, 1.165) is 28.3 Å². The lowest BCUT2D eigenvalue weighted by Crippen LogP contribution is -2.59. The first-order valence-electron chi connectivity index (χ1n) is 9.03. The average Bonchev–Trinajstić information content (AvgIpc) is 2.94. The van der Waals surface area contributed by atoms with E-state index >= 15 is 0 Å². The zero-order valence-corrected chi connectivity index (χ0v) is 14.5. The fourth-order valence-corrected chi connectivity index (χ4v) is 6.55. The van der Waals surface area contributed by atoms with E-state index in [1.54, 1.807) is 17.4 Å². The second kappa shape index (κ2) is 5.41. The van der Waals surface area contributed by atoms with Gasteiger partial charge >= 0.3 is 0 Å². The number of benzene rings is 1. The molecule has 0 spiro atoms. The van der Waals surface area contributed by atoms with Gasteiger partial charge in [-0.2, -0.15) is 0 Å². The van der Waals surface area contributed by atoms with Gasteiger partial charge in [-0.25, -0.2) is 4.98 Å². The summed E-state index contributed by atoms with van der Waals surface area (Å²) in [5.74, 6) is 2.61. The lowest BCUT2D eigenvalue weighted by atomic mass is 9.53. The molecule has 1 N–H and O–H groups in total. The molecule has 4 fully saturated rings. The predicted octanol–water partition coefficient (Wildman–Crippen LogP) is 4.39. The van der Waals surface area contributed by atoms with Crippen LogP contribution in [0.3, 0.4) is 0 Å². The van der Waals surface area contributed by atoms with Crippen LogP contribution in [-0.2, 0) is 4.79 Å². The number of carbonyl (C=O) groups is 1. The van der Waals surface area contributed by atoms with Crippen molar-refractivity contribution in [3.05, 3.63) is 35.3 Å². The number of aromatic nitrogens is 1. The summed E-state index contributed by atoms with van der Waals surface area (Å²) in [5.41, 5.74) is 1.09. The van der Waals surface area contributed by atoms with Crippen LogP contribution in [0.4, 0.5) is 0 Å². The van der Waals surface area contributed by atoms with Gasteiger partial charge < -0.3 is 5.32 Å². The second-order valence-electron chi connectivity index (χ2n) is 8.04. The maximum Gasteiger partial charge on any atom is 0.244 e. The third kappa shape index (κ3) is 2.57. The summed E-state index contributed by atoms with van der Waals surface area (Å²) in [4.78, 5) is 17.1. The fourth-order valence-electron chi connectivity index (χ4n) is 5.68. The van der Waals surface area contributed by atoms with E-state index in [2.05, 4.69) is 16.4 Å². The van der Waals surface area contributed by atoms with Crippen LogP contribution < -0.4 is 5.32 Å². The van der Waals surface area contributed by atoms with E-state index in [1.807, 2.05) is 24.3 Å². The van der Waals surface area contributed by atoms with Crippen LogP contribution in [0.15, 0.2) is 30.3 Å². The Morgan fingerprint density at radius 2 is 1.79 bits per heavy atom. The molecular formula is C20H22N2OS. The van der Waals surface area contributed by atoms with E-state index in [1.165, 1.54) is 43.2 Å². The highest BCUT2D eigenvalue weighted by molar-refractivity contribution is 7.19. The summed E-state index contributed by atoms with van der Waals surface area (Å²) in [6.07, 6.45) is 11.3. The van der Waals surface area contributed by atoms with Gasteiger partial charge in [0.15, 0.2) is 0 Å². The molecule has 0 atom stereocenters. The SMILES string of the molecule is O=C(/C=C/c1nc2ccccc2s1)NC12CC3CC(CC(C3)C1)C2. The van der Waals surface area contributed by atoms with Crippen molar-refractivity contribution >= 4 is 33.5 Å². The molecule has 2 aromatic rings. The first-order valence-corrected chi connectivity index (χ1v) is 9.85. The van der Waals surface area contributed by atoms with Gasteiger partial charge in [0.1, 0.15) is 5.01 Å². The Morgan fingerprint density at radius 3 is 2.46 bits per heavy atom. The molecule has 124 valence electrons. The number of hydrogen-bond donors (Lipinski definition) is 1. The molecule has 1 aromatic heterocycles. The monoisotopic (exact) mass is 338 g/mol. The van der Waals surface area contributed by atoms with Crippen molar-refractivity contribution in [2.24, 2.45) is 17.8 Å². The summed E-state index contributed by atoms with van der Waals surface area (Å²) in [7, 11) is 0. The molecule has 0 aliphatic heterocycles. The molecule has 0 radical (unpaired) electrons. The molecule has 4 aliphatic carbocycles. The minimum absolute atomic E-state index is 0.0520. The van der Waals surface area contributed by atoms with Gasteiger partial charge in [0.25, 0.3) is 0 Å². The standard InChI is InChI=1S/C20H22N2OS/c23-18(5-6-19-21-16-3-1-2-4-17(16)24-19)22-20-10-13-7-14(11-20)9-15(8-13)12-20/h1-6,13-15H,7-12H2,(H,22,23)/b6-5+. The molecule has 24 heavy (non-hydrogen) atoms. The minimum atomic E-state index is 0.0520. The third-order valence-corrected chi connectivity index (χ3v) is 7.12. The van der Waals surface area contributed by atoms with Crippen molar-refractivity contribution in [3.8, 4) is 0 Å². The molecule has 0 unspecified atom stereocenters. The topological polar surface area (TPSA) is 42.0 Å². The van der Waals surface area contributed by atoms with Crippen LogP contribution in [0.2, 0.25) is 0 Å². The molecular weight excluding hydrogens is 316 g/mol. The highest BCUT2D eigenvalue weighted by atomic mass is 32.1. The smallest absolute Gasteiger partial charge is 0.244 e. The van der Waals surface area contributed by atoms with E-state index in [0.29, 0.717) is 0 Å². The molecule has 0 saturated heterocycles. The summed E-state index contributed by atoms with van der Waals surface area (Å²) >= 11 is 1.63. The zero-order chi connectivity index (χ0) is 16.1. The van der Waals surface area contributed by atoms with Gasteiger partial charge in [0, 0.05) is 11.6 Å². The van der Waals surface area contributed by atoms with Crippen LogP contribution in [0.1, 0.15) is 43.5 Å². The van der Waals surface area contributed by atoms with Crippen molar-refractivity contribution in [2.75, 3.05) is 0 Å². The van der Waals surface area contributed by atoms with Gasteiger partial charge in [-0.05, 0) is 74.5 Å². The van der Waals surface area contributed by atoms with Crippen molar-refractivity contribution in [3.63, 3.8) is 0 Å². The van der Waals surface area contributed by atoms with E-state index in [9.17, 15) is 4.79 Å². The Kier molecular flexibility index (Phi) is 3.30. The fraction of sp³-hybridized carbons (Fsp3) is 0.500. The molecule has 4 saturated carbocycles. The number of rotatable bonds is 3. The number of fused-ring (bicyclic) bond motifs is 1. The van der Waals surface area contributed by atoms with Gasteiger partial charge in [0.05, 0.1) is 10.2 Å². The molecule has 4 bridgehead atoms. The van der Waals surface area contributed by atoms with Crippen molar-refractivity contribution in [1.82, 2.24) is 10.3 Å². The number of amides is 1. The first-order chi connectivity index (χ1) is 11.7. The molecule has 4 heteroatoms. The second-order valence-corrected chi connectivity index (χ2v) is 9.10. The number of nitrogens with zero attached hydrogens (tertiary/aromatic N) is 1. The molecule has 1 heterocycles. The summed E-state index contributed by atoms with van der Waals surface area (Å²) in [6.45, 7) is 0. The van der Waals surface area contributed by atoms with E-state index < -0.39 is 0 Å². The molecule has 4 aliphatic rings. The van der Waals surface area contributed by atoms with E-state index in [4.69, 9.17) is 0 Å². The predicted molar refractivity (Wildman–Crippen MR) is 97.7 cm³/mol. The van der Waals surface area contributed by atoms with Crippen LogP contribution in [0.5, 0.6) is 0 Å². The quantitative estimate of drug-likeness (QED) is 0.843. The van der Waals surface area contributed by atoms with Crippen molar-refractivity contribution in [1.29, 1.82) is 0 Å². The zero-order valence-electron chi connectivity index (χ0n) is 13.7. The summed E-state index contributed by atoms with van der Waals surface area (Å²) in [6, 6.07) is 8.10. The Morgan fingerprint density at radius 1 is 1.12 bits per heavy atom. The Hall–Kier alpha value is -1.68. The number of thiazole rings is 1. The lowest BCUT2D eigenvalue weighted by molar-refractivity contribution is -0.122. The maximum atomic E-state index is 12.5. The van der Waals surface area contributed by atoms with Crippen LogP contribution >= 0.6 is 11.3 Å². The summed E-state index contributed by atoms with van der Waals surface area (Å²) in [5, 5.41) is 4.28. The van der Waals surface area contributed by atoms with Crippen molar-refractivity contribution in [2.45, 2.75) is 44.1 Å². The molecule has 6 rings (SSSR count). The normalized spacial score (nSPS) is 34.2. The van der Waals surface area contributed by atoms with Crippen LogP contribution in [0, 0.1) is 17.8 Å². The highest BCUT2D eigenvalue weighted by Gasteiger charge is 2.51. The van der Waals surface area contributed by atoms with Gasteiger partial charge in [0.2, 0.25) is 5.91 Å². The number of nitrogens with one attached hydrogen (secondary N) is 1. The third-order valence-electron chi connectivity index (χ3n) is 6.11. The number of hydrogen-bond acceptors (Lipinski definition) is 3. The highest BCUT2D eigenvalue weighted by Crippen LogP contribution is 2.55. The Balaban J connectivity index is 1.30. The summed E-state index contributed by atoms with van der Waals surface area (Å²) < 4.78 is 1.17. The van der Waals surface area contributed by atoms with Gasteiger partial charge in [-0.1, -0.05) is 12.1 Å². The lowest BCUT2D eigenvalue weighted by Gasteiger charge is -2.56. The maximum absolute atomic E-state index is 12.5. The molecule has 1 aromatic carbocycles. The number of para-hydroxylation sites is 1. The Bertz CT molecular complexity index is 754. The minimum Gasteiger partial charge on any atom is -0.347 e. The van der Waals surface area contributed by atoms with Crippen molar-refractivity contribution < 1.29 is 4.79 Å². The van der Waals surface area contributed by atoms with Crippen LogP contribution in [0.25, 0.3) is 16.3 Å².